The molecule has 142 valence electrons. The van der Waals surface area contributed by atoms with Gasteiger partial charge in [0.2, 0.25) is 0 Å². The third-order valence-corrected chi connectivity index (χ3v) is 8.50. The van der Waals surface area contributed by atoms with Crippen LogP contribution in [0.25, 0.3) is 6.08 Å². The Kier molecular flexibility index (Phi) is 4.95. The van der Waals surface area contributed by atoms with Gasteiger partial charge in [-0.15, -0.1) is 0 Å². The van der Waals surface area contributed by atoms with Crippen LogP contribution >= 0.6 is 21.9 Å². The Bertz CT molecular complexity index is 829. The highest BCUT2D eigenvalue weighted by atomic mass is 35.5. The van der Waals surface area contributed by atoms with Crippen LogP contribution in [0.15, 0.2) is 28.0 Å². The lowest BCUT2D eigenvalue weighted by molar-refractivity contribution is -0.0547. The molecule has 0 fully saturated rings. The molecule has 12 heteroatoms. The monoisotopic (exact) mass is 428 g/mol. The predicted octanol–water partition coefficient (Wildman–Crippen LogP) is 5.82. The van der Waals surface area contributed by atoms with Crippen molar-refractivity contribution in [3.63, 3.8) is 0 Å². The summed E-state index contributed by atoms with van der Waals surface area (Å²) in [5.41, 5.74) is -11.5. The van der Waals surface area contributed by atoms with E-state index in [1.54, 1.807) is 0 Å². The second kappa shape index (κ2) is 6.07. The van der Waals surface area contributed by atoms with E-state index in [0.29, 0.717) is 0 Å². The van der Waals surface area contributed by atoms with E-state index >= 15 is 0 Å². The van der Waals surface area contributed by atoms with Gasteiger partial charge in [-0.05, 0) is 29.7 Å². The molecule has 0 bridgehead atoms. The SMILES string of the molecule is CC(C)C1=Cc2ccc(Cl)cc2S1(OS(=O)(=O)C(F)(F)F)C(F)(F)F. The van der Waals surface area contributed by atoms with Crippen molar-refractivity contribution >= 4 is 38.1 Å². The number of fused-ring (bicyclic) bond motifs is 1. The molecule has 25 heavy (non-hydrogen) atoms. The fourth-order valence-corrected chi connectivity index (χ4v) is 7.30. The van der Waals surface area contributed by atoms with Crippen LogP contribution in [0.4, 0.5) is 26.3 Å². The van der Waals surface area contributed by atoms with E-state index in [2.05, 4.69) is 3.63 Å². The first-order valence-corrected chi connectivity index (χ1v) is 9.91. The molecule has 2 rings (SSSR count). The van der Waals surface area contributed by atoms with Crippen LogP contribution in [-0.2, 0) is 13.7 Å². The van der Waals surface area contributed by atoms with E-state index in [4.69, 9.17) is 11.6 Å². The van der Waals surface area contributed by atoms with Gasteiger partial charge in [-0.1, -0.05) is 31.5 Å². The summed E-state index contributed by atoms with van der Waals surface area (Å²) in [5, 5.41) is -0.189. The number of alkyl halides is 6. The van der Waals surface area contributed by atoms with Crippen LogP contribution in [0.2, 0.25) is 5.02 Å². The quantitative estimate of drug-likeness (QED) is 0.450. The van der Waals surface area contributed by atoms with Gasteiger partial charge in [-0.25, -0.2) is 0 Å². The van der Waals surface area contributed by atoms with E-state index in [9.17, 15) is 34.8 Å². The minimum Gasteiger partial charge on any atom is -0.196 e. The summed E-state index contributed by atoms with van der Waals surface area (Å²) in [6, 6.07) is 3.21. The Hall–Kier alpha value is -0.910. The van der Waals surface area contributed by atoms with Gasteiger partial charge >= 0.3 is 21.1 Å². The van der Waals surface area contributed by atoms with E-state index < -0.39 is 47.2 Å². The molecule has 1 unspecified atom stereocenters. The molecule has 1 aliphatic heterocycles. The smallest absolute Gasteiger partial charge is 0.196 e. The van der Waals surface area contributed by atoms with Crippen molar-refractivity contribution in [2.75, 3.05) is 0 Å². The van der Waals surface area contributed by atoms with Crippen LogP contribution in [0, 0.1) is 5.92 Å². The van der Waals surface area contributed by atoms with Gasteiger partial charge in [0.1, 0.15) is 0 Å². The third kappa shape index (κ3) is 3.26. The van der Waals surface area contributed by atoms with Gasteiger partial charge < -0.3 is 0 Å². The van der Waals surface area contributed by atoms with Crippen molar-refractivity contribution in [3.8, 4) is 0 Å². The molecule has 1 aliphatic rings. The summed E-state index contributed by atoms with van der Waals surface area (Å²) in [7, 11) is -11.5. The molecule has 1 aromatic rings. The first-order chi connectivity index (χ1) is 11.1. The van der Waals surface area contributed by atoms with Crippen LogP contribution in [0.3, 0.4) is 0 Å². The van der Waals surface area contributed by atoms with Crippen LogP contribution in [0.1, 0.15) is 19.4 Å². The van der Waals surface area contributed by atoms with Crippen LogP contribution in [0.5, 0.6) is 0 Å². The van der Waals surface area contributed by atoms with Crippen molar-refractivity contribution in [2.45, 2.75) is 29.8 Å². The van der Waals surface area contributed by atoms with Crippen molar-refractivity contribution in [2.24, 2.45) is 5.92 Å². The lowest BCUT2D eigenvalue weighted by Gasteiger charge is -2.40. The van der Waals surface area contributed by atoms with Gasteiger partial charge in [0.15, 0.2) is 0 Å². The van der Waals surface area contributed by atoms with Gasteiger partial charge in [0, 0.05) is 25.1 Å². The van der Waals surface area contributed by atoms with Gasteiger partial charge in [-0.2, -0.15) is 38.4 Å². The summed E-state index contributed by atoms with van der Waals surface area (Å²) in [4.78, 5) is -1.30. The maximum atomic E-state index is 14.0. The number of hydrogen-bond acceptors (Lipinski definition) is 3. The molecular formula is C13H11ClF6O3S2. The predicted molar refractivity (Wildman–Crippen MR) is 82.2 cm³/mol. The maximum Gasteiger partial charge on any atom is 0.523 e. The van der Waals surface area contributed by atoms with Crippen molar-refractivity contribution in [3.05, 3.63) is 33.7 Å². The fourth-order valence-electron chi connectivity index (χ4n) is 2.28. The zero-order valence-corrected chi connectivity index (χ0v) is 15.0. The first-order valence-electron chi connectivity index (χ1n) is 6.56. The molecule has 1 atom stereocenters. The lowest BCUT2D eigenvalue weighted by Crippen LogP contribution is -2.33. The van der Waals surface area contributed by atoms with Crippen molar-refractivity contribution in [1.82, 2.24) is 0 Å². The number of hydrogen-bond donors (Lipinski definition) is 0. The zero-order valence-electron chi connectivity index (χ0n) is 12.6. The molecule has 0 spiro atoms. The second-order valence-corrected chi connectivity index (χ2v) is 10.2. The molecule has 3 nitrogen and oxygen atoms in total. The summed E-state index contributed by atoms with van der Waals surface area (Å²) in [6.07, 6.45) is 1.01. The Morgan fingerprint density at radius 1 is 1.12 bits per heavy atom. The number of allylic oxidation sites excluding steroid dienone is 1. The lowest BCUT2D eigenvalue weighted by atomic mass is 10.1. The normalized spacial score (nSPS) is 24.0. The average Bonchev–Trinajstić information content (AvgIpc) is 2.72. The third-order valence-electron chi connectivity index (χ3n) is 3.29. The van der Waals surface area contributed by atoms with E-state index in [-0.39, 0.29) is 10.6 Å². The van der Waals surface area contributed by atoms with Crippen molar-refractivity contribution in [1.29, 1.82) is 0 Å². The van der Waals surface area contributed by atoms with E-state index in [1.807, 2.05) is 0 Å². The molecule has 0 aromatic heterocycles. The summed E-state index contributed by atoms with van der Waals surface area (Å²) in [6.45, 7) is 2.60. The minimum atomic E-state index is -6.51. The molecule has 0 radical (unpaired) electrons. The largest absolute Gasteiger partial charge is 0.523 e. The molecule has 1 heterocycles. The molecule has 0 aliphatic carbocycles. The highest BCUT2D eigenvalue weighted by Crippen LogP contribution is 2.79. The fraction of sp³-hybridized carbons (Fsp3) is 0.385. The van der Waals surface area contributed by atoms with Crippen LogP contribution < -0.4 is 0 Å². The summed E-state index contributed by atoms with van der Waals surface area (Å²) in [5.74, 6) is -0.925. The topological polar surface area (TPSA) is 43.4 Å². The first kappa shape index (κ1) is 20.4. The maximum absolute atomic E-state index is 14.0. The highest BCUT2D eigenvalue weighted by molar-refractivity contribution is 8.37. The summed E-state index contributed by atoms with van der Waals surface area (Å²) >= 11 is 5.68. The molecule has 0 saturated carbocycles. The second-order valence-electron chi connectivity index (χ2n) is 5.35. The minimum absolute atomic E-state index is 0.0854. The number of halogens is 7. The van der Waals surface area contributed by atoms with Crippen molar-refractivity contribution < 1.29 is 38.4 Å². The Labute approximate surface area is 146 Å². The Morgan fingerprint density at radius 3 is 2.12 bits per heavy atom. The molecular weight excluding hydrogens is 418 g/mol. The highest BCUT2D eigenvalue weighted by Gasteiger charge is 2.64. The van der Waals surface area contributed by atoms with E-state index in [0.717, 1.165) is 12.1 Å². The molecule has 0 saturated heterocycles. The Morgan fingerprint density at radius 2 is 1.68 bits per heavy atom. The average molecular weight is 429 g/mol. The summed E-state index contributed by atoms with van der Waals surface area (Å²) < 4.78 is 107. The van der Waals surface area contributed by atoms with Gasteiger partial charge in [0.05, 0.1) is 0 Å². The van der Waals surface area contributed by atoms with Gasteiger partial charge in [-0.3, -0.25) is 0 Å². The van der Waals surface area contributed by atoms with Crippen LogP contribution in [-0.4, -0.2) is 19.4 Å². The van der Waals surface area contributed by atoms with Gasteiger partial charge in [0.25, 0.3) is 0 Å². The number of rotatable bonds is 3. The van der Waals surface area contributed by atoms with E-state index in [1.165, 1.54) is 26.0 Å². The number of benzene rings is 1. The zero-order chi connectivity index (χ0) is 19.4. The standard InChI is InChI=1S/C13H11ClF6O3S2/c1-7(2)10-5-8-3-4-9(14)6-11(8)24(10,12(15,16)17)23-25(21,22)13(18,19)20/h3-7H,1-2H3. The molecule has 1 aromatic carbocycles. The molecule has 0 amide bonds. The Balaban J connectivity index is 2.84. The molecule has 0 N–H and O–H groups in total.